The van der Waals surface area contributed by atoms with Crippen molar-refractivity contribution in [3.63, 3.8) is 0 Å². The zero-order chi connectivity index (χ0) is 13.1. The number of nitrogens with one attached hydrogen (secondary N) is 1. The van der Waals surface area contributed by atoms with Crippen LogP contribution in [0.25, 0.3) is 0 Å². The van der Waals surface area contributed by atoms with Crippen molar-refractivity contribution in [2.45, 2.75) is 32.2 Å². The standard InChI is InChI=1S/C12H16F2N2O/c1-3-7-12(2,15)11(17)16-9-6-4-5-8(13)10(9)14/h4-6H,3,7,15H2,1-2H3,(H,16,17). The van der Waals surface area contributed by atoms with E-state index >= 15 is 0 Å². The number of hydrogen-bond donors (Lipinski definition) is 2. The van der Waals surface area contributed by atoms with E-state index in [1.807, 2.05) is 6.92 Å². The predicted octanol–water partition coefficient (Wildman–Crippen LogP) is 2.42. The van der Waals surface area contributed by atoms with Crippen LogP contribution in [0.4, 0.5) is 14.5 Å². The van der Waals surface area contributed by atoms with E-state index in [2.05, 4.69) is 5.32 Å². The number of carbonyl (C=O) groups excluding carboxylic acids is 1. The molecule has 3 N–H and O–H groups in total. The molecule has 0 saturated carbocycles. The van der Waals surface area contributed by atoms with E-state index in [0.29, 0.717) is 6.42 Å². The predicted molar refractivity (Wildman–Crippen MR) is 62.5 cm³/mol. The molecule has 0 aliphatic carbocycles. The van der Waals surface area contributed by atoms with Crippen LogP contribution >= 0.6 is 0 Å². The monoisotopic (exact) mass is 242 g/mol. The van der Waals surface area contributed by atoms with Crippen LogP contribution in [-0.4, -0.2) is 11.4 Å². The molecule has 1 rings (SSSR count). The molecule has 0 aromatic heterocycles. The van der Waals surface area contributed by atoms with Crippen LogP contribution < -0.4 is 11.1 Å². The second-order valence-corrected chi connectivity index (χ2v) is 4.22. The first kappa shape index (κ1) is 13.6. The smallest absolute Gasteiger partial charge is 0.244 e. The highest BCUT2D eigenvalue weighted by molar-refractivity contribution is 5.97. The molecule has 1 amide bonds. The van der Waals surface area contributed by atoms with Crippen LogP contribution in [-0.2, 0) is 4.79 Å². The van der Waals surface area contributed by atoms with E-state index in [4.69, 9.17) is 5.73 Å². The fourth-order valence-electron chi connectivity index (χ4n) is 1.50. The van der Waals surface area contributed by atoms with Crippen LogP contribution in [0.2, 0.25) is 0 Å². The zero-order valence-electron chi connectivity index (χ0n) is 9.89. The summed E-state index contributed by atoms with van der Waals surface area (Å²) in [6.07, 6.45) is 1.20. The molecule has 0 fully saturated rings. The Morgan fingerprint density at radius 2 is 2.12 bits per heavy atom. The Morgan fingerprint density at radius 3 is 2.71 bits per heavy atom. The minimum atomic E-state index is -1.09. The lowest BCUT2D eigenvalue weighted by atomic mass is 9.96. The maximum atomic E-state index is 13.3. The Hall–Kier alpha value is -1.49. The number of amides is 1. The fraction of sp³-hybridized carbons (Fsp3) is 0.417. The Labute approximate surface area is 99.0 Å². The summed E-state index contributed by atoms with van der Waals surface area (Å²) < 4.78 is 26.2. The van der Waals surface area contributed by atoms with Gasteiger partial charge in [0.2, 0.25) is 5.91 Å². The van der Waals surface area contributed by atoms with E-state index in [9.17, 15) is 13.6 Å². The minimum absolute atomic E-state index is 0.192. The van der Waals surface area contributed by atoms with Crippen LogP contribution in [0.5, 0.6) is 0 Å². The second-order valence-electron chi connectivity index (χ2n) is 4.22. The summed E-state index contributed by atoms with van der Waals surface area (Å²) in [5.74, 6) is -2.60. The van der Waals surface area contributed by atoms with Gasteiger partial charge in [0.25, 0.3) is 0 Å². The van der Waals surface area contributed by atoms with Crippen molar-refractivity contribution in [1.29, 1.82) is 0 Å². The number of anilines is 1. The van der Waals surface area contributed by atoms with Crippen LogP contribution in [0.1, 0.15) is 26.7 Å². The Balaban J connectivity index is 2.85. The molecule has 1 aromatic carbocycles. The first-order chi connectivity index (χ1) is 7.88. The van der Waals surface area contributed by atoms with E-state index in [-0.39, 0.29) is 5.69 Å². The molecule has 94 valence electrons. The maximum absolute atomic E-state index is 13.3. The molecule has 1 atom stereocenters. The summed E-state index contributed by atoms with van der Waals surface area (Å²) in [7, 11) is 0. The van der Waals surface area contributed by atoms with Gasteiger partial charge in [-0.15, -0.1) is 0 Å². The summed E-state index contributed by atoms with van der Waals surface area (Å²) in [4.78, 5) is 11.8. The van der Waals surface area contributed by atoms with Crippen molar-refractivity contribution in [1.82, 2.24) is 0 Å². The Bertz CT molecular complexity index is 419. The number of hydrogen-bond acceptors (Lipinski definition) is 2. The molecule has 0 aliphatic heterocycles. The number of nitrogens with two attached hydrogens (primary N) is 1. The Kier molecular flexibility index (Phi) is 4.17. The normalized spacial score (nSPS) is 14.2. The molecule has 0 radical (unpaired) electrons. The third-order valence-corrected chi connectivity index (χ3v) is 2.49. The molecule has 0 heterocycles. The highest BCUT2D eigenvalue weighted by Crippen LogP contribution is 2.19. The third kappa shape index (κ3) is 3.23. The number of rotatable bonds is 4. The van der Waals surface area contributed by atoms with Gasteiger partial charge in [0.1, 0.15) is 0 Å². The van der Waals surface area contributed by atoms with Crippen molar-refractivity contribution in [3.05, 3.63) is 29.8 Å². The molecule has 17 heavy (non-hydrogen) atoms. The lowest BCUT2D eigenvalue weighted by molar-refractivity contribution is -0.120. The van der Waals surface area contributed by atoms with Gasteiger partial charge in [-0.2, -0.15) is 0 Å². The van der Waals surface area contributed by atoms with E-state index in [1.165, 1.54) is 12.1 Å². The Morgan fingerprint density at radius 1 is 1.47 bits per heavy atom. The molecular weight excluding hydrogens is 226 g/mol. The van der Waals surface area contributed by atoms with Crippen LogP contribution in [0.15, 0.2) is 18.2 Å². The lowest BCUT2D eigenvalue weighted by Gasteiger charge is -2.22. The summed E-state index contributed by atoms with van der Waals surface area (Å²) in [6, 6.07) is 3.60. The highest BCUT2D eigenvalue weighted by atomic mass is 19.2. The second kappa shape index (κ2) is 5.23. The number of halogens is 2. The topological polar surface area (TPSA) is 55.1 Å². The van der Waals surface area contributed by atoms with E-state index in [0.717, 1.165) is 12.5 Å². The largest absolute Gasteiger partial charge is 0.322 e. The quantitative estimate of drug-likeness (QED) is 0.852. The van der Waals surface area contributed by atoms with Crippen molar-refractivity contribution in [2.24, 2.45) is 5.73 Å². The van der Waals surface area contributed by atoms with Gasteiger partial charge in [-0.25, -0.2) is 8.78 Å². The maximum Gasteiger partial charge on any atom is 0.244 e. The SMILES string of the molecule is CCCC(C)(N)C(=O)Nc1cccc(F)c1F. The molecule has 3 nitrogen and oxygen atoms in total. The first-order valence-corrected chi connectivity index (χ1v) is 5.43. The van der Waals surface area contributed by atoms with Gasteiger partial charge in [0.05, 0.1) is 11.2 Å². The van der Waals surface area contributed by atoms with Gasteiger partial charge in [-0.1, -0.05) is 19.4 Å². The number of benzene rings is 1. The van der Waals surface area contributed by atoms with Crippen molar-refractivity contribution >= 4 is 11.6 Å². The van der Waals surface area contributed by atoms with E-state index in [1.54, 1.807) is 6.92 Å². The molecule has 5 heteroatoms. The molecule has 0 saturated heterocycles. The molecule has 0 spiro atoms. The van der Waals surface area contributed by atoms with Gasteiger partial charge in [-0.05, 0) is 25.5 Å². The fourth-order valence-corrected chi connectivity index (χ4v) is 1.50. The van der Waals surface area contributed by atoms with Crippen molar-refractivity contribution < 1.29 is 13.6 Å². The zero-order valence-corrected chi connectivity index (χ0v) is 9.89. The molecule has 1 unspecified atom stereocenters. The summed E-state index contributed by atoms with van der Waals surface area (Å²) in [5.41, 5.74) is 4.50. The van der Waals surface area contributed by atoms with Crippen molar-refractivity contribution in [2.75, 3.05) is 5.32 Å². The van der Waals surface area contributed by atoms with E-state index < -0.39 is 23.1 Å². The minimum Gasteiger partial charge on any atom is -0.322 e. The summed E-state index contributed by atoms with van der Waals surface area (Å²) in [5, 5.41) is 2.30. The average Bonchev–Trinajstić information content (AvgIpc) is 2.24. The molecule has 1 aromatic rings. The van der Waals surface area contributed by atoms with Gasteiger partial charge in [0.15, 0.2) is 11.6 Å². The lowest BCUT2D eigenvalue weighted by Crippen LogP contribution is -2.48. The number of carbonyl (C=O) groups is 1. The highest BCUT2D eigenvalue weighted by Gasteiger charge is 2.28. The van der Waals surface area contributed by atoms with Gasteiger partial charge < -0.3 is 11.1 Å². The van der Waals surface area contributed by atoms with Gasteiger partial charge in [-0.3, -0.25) is 4.79 Å². The van der Waals surface area contributed by atoms with Gasteiger partial charge >= 0.3 is 0 Å². The molecule has 0 aliphatic rings. The molecule has 0 bridgehead atoms. The first-order valence-electron chi connectivity index (χ1n) is 5.43. The van der Waals surface area contributed by atoms with Crippen molar-refractivity contribution in [3.8, 4) is 0 Å². The molecular formula is C12H16F2N2O. The average molecular weight is 242 g/mol. The summed E-state index contributed by atoms with van der Waals surface area (Å²) in [6.45, 7) is 3.45. The van der Waals surface area contributed by atoms with Gasteiger partial charge in [0, 0.05) is 0 Å². The third-order valence-electron chi connectivity index (χ3n) is 2.49. The van der Waals surface area contributed by atoms with Crippen LogP contribution in [0, 0.1) is 11.6 Å². The van der Waals surface area contributed by atoms with Crippen LogP contribution in [0.3, 0.4) is 0 Å². The summed E-state index contributed by atoms with van der Waals surface area (Å²) >= 11 is 0.